The minimum Gasteiger partial charge on any atom is -0.368 e. The summed E-state index contributed by atoms with van der Waals surface area (Å²) < 4.78 is 0. The van der Waals surface area contributed by atoms with Gasteiger partial charge in [0.15, 0.2) is 0 Å². The molecular formula is C16H26N2. The van der Waals surface area contributed by atoms with Gasteiger partial charge in [0.2, 0.25) is 0 Å². The van der Waals surface area contributed by atoms with Crippen molar-refractivity contribution in [2.45, 2.75) is 39.7 Å². The maximum Gasteiger partial charge on any atom is 0.0401 e. The molecule has 2 nitrogen and oxygen atoms in total. The summed E-state index contributed by atoms with van der Waals surface area (Å²) in [5.74, 6) is 0.669. The van der Waals surface area contributed by atoms with Gasteiger partial charge < -0.3 is 10.2 Å². The Morgan fingerprint density at radius 2 is 2.11 bits per heavy atom. The number of hydrogen-bond acceptors (Lipinski definition) is 2. The Bertz CT molecular complexity index is 400. The minimum atomic E-state index is 0.596. The number of hydrogen-bond donors (Lipinski definition) is 1. The van der Waals surface area contributed by atoms with E-state index in [0.717, 1.165) is 6.54 Å². The predicted octanol–water partition coefficient (Wildman–Crippen LogP) is 2.99. The number of rotatable bonds is 4. The second-order valence-corrected chi connectivity index (χ2v) is 5.70. The summed E-state index contributed by atoms with van der Waals surface area (Å²) in [6.07, 6.45) is 2.52. The number of fused-ring (bicyclic) bond motifs is 1. The van der Waals surface area contributed by atoms with E-state index in [-0.39, 0.29) is 0 Å². The molecule has 0 aliphatic carbocycles. The second-order valence-electron chi connectivity index (χ2n) is 5.70. The molecule has 1 N–H and O–H groups in total. The van der Waals surface area contributed by atoms with Gasteiger partial charge in [-0.3, -0.25) is 0 Å². The van der Waals surface area contributed by atoms with E-state index in [0.29, 0.717) is 12.0 Å². The molecule has 0 amide bonds. The molecule has 2 atom stereocenters. The number of nitrogens with one attached hydrogen (secondary N) is 1. The average Bonchev–Trinajstić information content (AvgIpc) is 2.37. The summed E-state index contributed by atoms with van der Waals surface area (Å²) in [7, 11) is 2.04. The molecular weight excluding hydrogens is 220 g/mol. The van der Waals surface area contributed by atoms with E-state index in [1.54, 1.807) is 0 Å². The molecule has 0 radical (unpaired) electrons. The Hall–Kier alpha value is -1.02. The van der Waals surface area contributed by atoms with Gasteiger partial charge in [-0.15, -0.1) is 0 Å². The molecule has 1 aliphatic heterocycles. The van der Waals surface area contributed by atoms with Crippen molar-refractivity contribution in [3.63, 3.8) is 0 Å². The fourth-order valence-electron chi connectivity index (χ4n) is 2.98. The molecule has 0 fully saturated rings. The average molecular weight is 246 g/mol. The van der Waals surface area contributed by atoms with Crippen LogP contribution in [0.3, 0.4) is 0 Å². The van der Waals surface area contributed by atoms with Crippen LogP contribution in [-0.4, -0.2) is 26.2 Å². The van der Waals surface area contributed by atoms with Crippen LogP contribution in [0.1, 0.15) is 31.4 Å². The summed E-state index contributed by atoms with van der Waals surface area (Å²) in [6, 6.07) is 7.51. The second kappa shape index (κ2) is 5.75. The van der Waals surface area contributed by atoms with Crippen LogP contribution in [0.2, 0.25) is 0 Å². The third-order valence-corrected chi connectivity index (χ3v) is 4.23. The fraction of sp³-hybridized carbons (Fsp3) is 0.625. The zero-order chi connectivity index (χ0) is 13.1. The molecule has 2 unspecified atom stereocenters. The smallest absolute Gasteiger partial charge is 0.0401 e. The van der Waals surface area contributed by atoms with Crippen molar-refractivity contribution in [1.29, 1.82) is 0 Å². The molecule has 0 saturated heterocycles. The van der Waals surface area contributed by atoms with Crippen molar-refractivity contribution >= 4 is 5.69 Å². The molecule has 0 spiro atoms. The van der Waals surface area contributed by atoms with Crippen LogP contribution in [0.15, 0.2) is 18.2 Å². The Morgan fingerprint density at radius 3 is 2.83 bits per heavy atom. The van der Waals surface area contributed by atoms with E-state index >= 15 is 0 Å². The largest absolute Gasteiger partial charge is 0.368 e. The molecule has 2 rings (SSSR count). The molecule has 1 heterocycles. The number of nitrogens with zero attached hydrogens (tertiary/aromatic N) is 1. The van der Waals surface area contributed by atoms with Crippen LogP contribution in [0.4, 0.5) is 5.69 Å². The summed E-state index contributed by atoms with van der Waals surface area (Å²) in [4.78, 5) is 2.60. The van der Waals surface area contributed by atoms with Crippen molar-refractivity contribution in [2.75, 3.05) is 25.0 Å². The topological polar surface area (TPSA) is 15.3 Å². The first-order valence-corrected chi connectivity index (χ1v) is 7.14. The lowest BCUT2D eigenvalue weighted by Gasteiger charge is -2.39. The van der Waals surface area contributed by atoms with Crippen molar-refractivity contribution in [1.82, 2.24) is 5.32 Å². The third-order valence-electron chi connectivity index (χ3n) is 4.23. The number of benzene rings is 1. The lowest BCUT2D eigenvalue weighted by molar-refractivity contribution is 0.425. The fourth-order valence-corrected chi connectivity index (χ4v) is 2.98. The maximum absolute atomic E-state index is 3.29. The van der Waals surface area contributed by atoms with Gasteiger partial charge in [0.05, 0.1) is 0 Å². The van der Waals surface area contributed by atoms with Crippen LogP contribution in [0, 0.1) is 12.8 Å². The lowest BCUT2D eigenvalue weighted by Crippen LogP contribution is -2.43. The quantitative estimate of drug-likeness (QED) is 0.878. The predicted molar refractivity (Wildman–Crippen MR) is 79.4 cm³/mol. The van der Waals surface area contributed by atoms with Crippen molar-refractivity contribution < 1.29 is 0 Å². The zero-order valence-corrected chi connectivity index (χ0v) is 12.2. The first-order valence-electron chi connectivity index (χ1n) is 7.14. The molecule has 100 valence electrons. The molecule has 0 bridgehead atoms. The molecule has 1 aromatic rings. The Kier molecular flexibility index (Phi) is 4.28. The Morgan fingerprint density at radius 1 is 1.33 bits per heavy atom. The SMILES string of the molecule is CNCC(C)C(C)N1CCCc2cc(C)ccc21. The zero-order valence-electron chi connectivity index (χ0n) is 12.2. The normalized spacial score (nSPS) is 18.3. The van der Waals surface area contributed by atoms with Crippen LogP contribution < -0.4 is 10.2 Å². The lowest BCUT2D eigenvalue weighted by atomic mass is 9.94. The molecule has 0 aromatic heterocycles. The molecule has 2 heteroatoms. The van der Waals surface area contributed by atoms with Gasteiger partial charge >= 0.3 is 0 Å². The van der Waals surface area contributed by atoms with E-state index in [2.05, 4.69) is 49.2 Å². The summed E-state index contributed by atoms with van der Waals surface area (Å²) >= 11 is 0. The number of aryl methyl sites for hydroxylation is 2. The Balaban J connectivity index is 2.21. The molecule has 1 aliphatic rings. The van der Waals surface area contributed by atoms with Gasteiger partial charge in [-0.25, -0.2) is 0 Å². The van der Waals surface area contributed by atoms with E-state index in [9.17, 15) is 0 Å². The molecule has 0 saturated carbocycles. The molecule has 1 aromatic carbocycles. The minimum absolute atomic E-state index is 0.596. The van der Waals surface area contributed by atoms with Gasteiger partial charge in [-0.05, 0) is 57.8 Å². The Labute approximate surface area is 111 Å². The van der Waals surface area contributed by atoms with Crippen LogP contribution in [0.25, 0.3) is 0 Å². The maximum atomic E-state index is 3.29. The van der Waals surface area contributed by atoms with Gasteiger partial charge in [-0.2, -0.15) is 0 Å². The van der Waals surface area contributed by atoms with Crippen LogP contribution in [0.5, 0.6) is 0 Å². The van der Waals surface area contributed by atoms with Crippen molar-refractivity contribution in [2.24, 2.45) is 5.92 Å². The highest BCUT2D eigenvalue weighted by Crippen LogP contribution is 2.31. The first-order chi connectivity index (χ1) is 8.63. The monoisotopic (exact) mass is 246 g/mol. The summed E-state index contributed by atoms with van der Waals surface area (Å²) in [5, 5.41) is 3.29. The van der Waals surface area contributed by atoms with E-state index in [1.807, 2.05) is 7.05 Å². The van der Waals surface area contributed by atoms with Crippen LogP contribution >= 0.6 is 0 Å². The number of anilines is 1. The van der Waals surface area contributed by atoms with Gasteiger partial charge in [0, 0.05) is 18.3 Å². The highest BCUT2D eigenvalue weighted by atomic mass is 15.2. The van der Waals surface area contributed by atoms with Crippen LogP contribution in [-0.2, 0) is 6.42 Å². The van der Waals surface area contributed by atoms with Gasteiger partial charge in [0.1, 0.15) is 0 Å². The molecule has 18 heavy (non-hydrogen) atoms. The van der Waals surface area contributed by atoms with E-state index in [1.165, 1.54) is 36.2 Å². The highest BCUT2D eigenvalue weighted by molar-refractivity contribution is 5.57. The summed E-state index contributed by atoms with van der Waals surface area (Å²) in [5.41, 5.74) is 4.37. The van der Waals surface area contributed by atoms with E-state index < -0.39 is 0 Å². The highest BCUT2D eigenvalue weighted by Gasteiger charge is 2.24. The van der Waals surface area contributed by atoms with Gasteiger partial charge in [-0.1, -0.05) is 24.6 Å². The third kappa shape index (κ3) is 2.69. The standard InChI is InChI=1S/C16H26N2/c1-12-7-8-16-15(10-12)6-5-9-18(16)14(3)13(2)11-17-4/h7-8,10,13-14,17H,5-6,9,11H2,1-4H3. The van der Waals surface area contributed by atoms with Crippen molar-refractivity contribution in [3.05, 3.63) is 29.3 Å². The van der Waals surface area contributed by atoms with E-state index in [4.69, 9.17) is 0 Å². The summed E-state index contributed by atoms with van der Waals surface area (Å²) in [6.45, 7) is 9.16. The van der Waals surface area contributed by atoms with Crippen molar-refractivity contribution in [3.8, 4) is 0 Å². The van der Waals surface area contributed by atoms with Gasteiger partial charge in [0.25, 0.3) is 0 Å². The first kappa shape index (κ1) is 13.4.